The van der Waals surface area contributed by atoms with Gasteiger partial charge in [0.15, 0.2) is 0 Å². The zero-order chi connectivity index (χ0) is 19.5. The maximum Gasteiger partial charge on any atom is 0.266 e. The van der Waals surface area contributed by atoms with Gasteiger partial charge >= 0.3 is 0 Å². The van der Waals surface area contributed by atoms with Crippen molar-refractivity contribution >= 4 is 23.2 Å². The summed E-state index contributed by atoms with van der Waals surface area (Å²) in [5.41, 5.74) is 1.59. The van der Waals surface area contributed by atoms with Gasteiger partial charge < -0.3 is 9.74 Å². The Hall–Kier alpha value is -2.51. The van der Waals surface area contributed by atoms with Crippen molar-refractivity contribution in [3.63, 3.8) is 0 Å². The van der Waals surface area contributed by atoms with Crippen LogP contribution in [0.2, 0.25) is 5.02 Å². The summed E-state index contributed by atoms with van der Waals surface area (Å²) in [6, 6.07) is 10.3. The molecule has 0 saturated carbocycles. The highest BCUT2D eigenvalue weighted by atomic mass is 35.5. The summed E-state index contributed by atoms with van der Waals surface area (Å²) in [6.07, 6.45) is 1.27. The molecule has 0 spiro atoms. The number of nitrogens with zero attached hydrogens (tertiary/aromatic N) is 4. The predicted molar refractivity (Wildman–Crippen MR) is 104 cm³/mol. The number of benzene rings is 1. The Morgan fingerprint density at radius 3 is 2.71 bits per heavy atom. The van der Waals surface area contributed by atoms with Crippen LogP contribution in [0.25, 0.3) is 0 Å². The Morgan fingerprint density at radius 1 is 1.18 bits per heavy atom. The van der Waals surface area contributed by atoms with Crippen LogP contribution in [0.5, 0.6) is 0 Å². The van der Waals surface area contributed by atoms with E-state index in [1.165, 1.54) is 12.1 Å². The topological polar surface area (TPSA) is 58.0 Å². The molecule has 0 bridgehead atoms. The molecule has 8 heteroatoms. The van der Waals surface area contributed by atoms with Crippen LogP contribution in [0.1, 0.15) is 17.7 Å². The van der Waals surface area contributed by atoms with Crippen LogP contribution in [0.3, 0.4) is 0 Å². The zero-order valence-corrected chi connectivity index (χ0v) is 16.0. The fraction of sp³-hybridized carbons (Fsp3) is 0.350. The van der Waals surface area contributed by atoms with Gasteiger partial charge in [-0.25, -0.2) is 4.39 Å². The van der Waals surface area contributed by atoms with Crippen LogP contribution in [0.15, 0.2) is 47.8 Å². The third-order valence-electron chi connectivity index (χ3n) is 4.99. The SMILES string of the molecule is O=C(C1CC(c2c(F)cccc2Cl)=NO1)N1CCN(Cc2ccccn2)CC1. The van der Waals surface area contributed by atoms with Crippen molar-refractivity contribution in [2.45, 2.75) is 19.1 Å². The molecule has 0 N–H and O–H groups in total. The van der Waals surface area contributed by atoms with E-state index >= 15 is 0 Å². The van der Waals surface area contributed by atoms with Gasteiger partial charge in [0, 0.05) is 45.3 Å². The lowest BCUT2D eigenvalue weighted by molar-refractivity contribution is -0.143. The molecule has 3 heterocycles. The van der Waals surface area contributed by atoms with E-state index in [4.69, 9.17) is 16.4 Å². The number of piperazine rings is 1. The molecule has 1 unspecified atom stereocenters. The molecule has 1 aromatic carbocycles. The minimum Gasteiger partial charge on any atom is -0.382 e. The Balaban J connectivity index is 1.32. The molecule has 0 radical (unpaired) electrons. The number of aromatic nitrogens is 1. The van der Waals surface area contributed by atoms with Crippen molar-refractivity contribution in [1.29, 1.82) is 0 Å². The molecule has 4 rings (SSSR count). The maximum absolute atomic E-state index is 14.1. The van der Waals surface area contributed by atoms with Crippen LogP contribution in [0.4, 0.5) is 4.39 Å². The van der Waals surface area contributed by atoms with E-state index in [0.717, 1.165) is 25.3 Å². The Bertz CT molecular complexity index is 865. The van der Waals surface area contributed by atoms with E-state index in [2.05, 4.69) is 15.0 Å². The predicted octanol–water partition coefficient (Wildman–Crippen LogP) is 2.71. The number of carbonyl (C=O) groups excluding carboxylic acids is 1. The standard InChI is InChI=1S/C20H20ClFN4O2/c21-15-5-3-6-16(22)19(15)17-12-18(28-24-17)20(27)26-10-8-25(9-11-26)13-14-4-1-2-7-23-14/h1-7,18H,8-13H2. The second-order valence-electron chi connectivity index (χ2n) is 6.86. The van der Waals surface area contributed by atoms with Gasteiger partial charge in [-0.2, -0.15) is 0 Å². The molecule has 0 aliphatic carbocycles. The van der Waals surface area contributed by atoms with Gasteiger partial charge in [-0.15, -0.1) is 0 Å². The smallest absolute Gasteiger partial charge is 0.266 e. The summed E-state index contributed by atoms with van der Waals surface area (Å²) in [5, 5.41) is 4.18. The molecular weight excluding hydrogens is 383 g/mol. The maximum atomic E-state index is 14.1. The number of oxime groups is 1. The fourth-order valence-corrected chi connectivity index (χ4v) is 3.75. The van der Waals surface area contributed by atoms with Crippen LogP contribution in [0, 0.1) is 5.82 Å². The normalized spacial score (nSPS) is 20.0. The molecule has 1 saturated heterocycles. The lowest BCUT2D eigenvalue weighted by Gasteiger charge is -2.35. The molecule has 1 aromatic heterocycles. The summed E-state index contributed by atoms with van der Waals surface area (Å²) < 4.78 is 14.1. The molecule has 6 nitrogen and oxygen atoms in total. The van der Waals surface area contributed by atoms with Crippen molar-refractivity contribution in [2.24, 2.45) is 5.16 Å². The van der Waals surface area contributed by atoms with Gasteiger partial charge in [-0.05, 0) is 24.3 Å². The van der Waals surface area contributed by atoms with Crippen molar-refractivity contribution in [3.05, 3.63) is 64.7 Å². The van der Waals surface area contributed by atoms with Gasteiger partial charge in [0.05, 0.1) is 22.0 Å². The van der Waals surface area contributed by atoms with Crippen LogP contribution < -0.4 is 0 Å². The molecule has 28 heavy (non-hydrogen) atoms. The zero-order valence-electron chi connectivity index (χ0n) is 15.2. The van der Waals surface area contributed by atoms with E-state index < -0.39 is 11.9 Å². The fourth-order valence-electron chi connectivity index (χ4n) is 3.48. The van der Waals surface area contributed by atoms with E-state index in [0.29, 0.717) is 18.8 Å². The summed E-state index contributed by atoms with van der Waals surface area (Å²) in [5.74, 6) is -0.588. The average Bonchev–Trinajstić information content (AvgIpc) is 3.18. The van der Waals surface area contributed by atoms with Gasteiger partial charge in [-0.3, -0.25) is 14.7 Å². The minimum atomic E-state index is -0.729. The molecule has 1 amide bonds. The van der Waals surface area contributed by atoms with E-state index in [-0.39, 0.29) is 22.9 Å². The molecule has 1 fully saturated rings. The summed E-state index contributed by atoms with van der Waals surface area (Å²) >= 11 is 6.09. The number of carbonyl (C=O) groups is 1. The first-order valence-corrected chi connectivity index (χ1v) is 9.58. The first-order valence-electron chi connectivity index (χ1n) is 9.20. The molecular formula is C20H20ClFN4O2. The molecule has 2 aromatic rings. The Kier molecular flexibility index (Phi) is 5.54. The van der Waals surface area contributed by atoms with Gasteiger partial charge in [0.1, 0.15) is 5.82 Å². The van der Waals surface area contributed by atoms with Crippen LogP contribution in [-0.2, 0) is 16.2 Å². The van der Waals surface area contributed by atoms with Gasteiger partial charge in [0.2, 0.25) is 6.10 Å². The third-order valence-corrected chi connectivity index (χ3v) is 5.31. The number of rotatable bonds is 4. The number of halogens is 2. The highest BCUT2D eigenvalue weighted by Gasteiger charge is 2.35. The third kappa shape index (κ3) is 4.00. The molecule has 1 atom stereocenters. The highest BCUT2D eigenvalue weighted by molar-refractivity contribution is 6.34. The summed E-state index contributed by atoms with van der Waals surface area (Å²) in [6.45, 7) is 3.52. The van der Waals surface area contributed by atoms with Crippen LogP contribution >= 0.6 is 11.6 Å². The highest BCUT2D eigenvalue weighted by Crippen LogP contribution is 2.26. The quantitative estimate of drug-likeness (QED) is 0.789. The van der Waals surface area contributed by atoms with E-state index in [9.17, 15) is 9.18 Å². The lowest BCUT2D eigenvalue weighted by Crippen LogP contribution is -2.51. The van der Waals surface area contributed by atoms with Crippen molar-refractivity contribution in [1.82, 2.24) is 14.8 Å². The summed E-state index contributed by atoms with van der Waals surface area (Å²) in [4.78, 5) is 26.5. The molecule has 2 aliphatic heterocycles. The second kappa shape index (κ2) is 8.24. The number of pyridine rings is 1. The summed E-state index contributed by atoms with van der Waals surface area (Å²) in [7, 11) is 0. The molecule has 2 aliphatic rings. The van der Waals surface area contributed by atoms with Crippen LogP contribution in [-0.4, -0.2) is 58.7 Å². The first kappa shape index (κ1) is 18.8. The Morgan fingerprint density at radius 2 is 2.00 bits per heavy atom. The largest absolute Gasteiger partial charge is 0.382 e. The first-order chi connectivity index (χ1) is 13.6. The monoisotopic (exact) mass is 402 g/mol. The lowest BCUT2D eigenvalue weighted by atomic mass is 10.0. The van der Waals surface area contributed by atoms with Crippen molar-refractivity contribution < 1.29 is 14.0 Å². The number of hydrogen-bond donors (Lipinski definition) is 0. The van der Waals surface area contributed by atoms with Crippen molar-refractivity contribution in [2.75, 3.05) is 26.2 Å². The number of hydrogen-bond acceptors (Lipinski definition) is 5. The average molecular weight is 403 g/mol. The van der Waals surface area contributed by atoms with E-state index in [1.54, 1.807) is 17.2 Å². The van der Waals surface area contributed by atoms with Gasteiger partial charge in [-0.1, -0.05) is 28.9 Å². The number of amides is 1. The molecule has 146 valence electrons. The van der Waals surface area contributed by atoms with Crippen molar-refractivity contribution in [3.8, 4) is 0 Å². The van der Waals surface area contributed by atoms with E-state index in [1.807, 2.05) is 18.2 Å². The minimum absolute atomic E-state index is 0.122. The second-order valence-corrected chi connectivity index (χ2v) is 7.26. The Labute approximate surface area is 167 Å². The van der Waals surface area contributed by atoms with Gasteiger partial charge in [0.25, 0.3) is 5.91 Å².